The maximum absolute atomic E-state index is 12.6. The van der Waals surface area contributed by atoms with Gasteiger partial charge >= 0.3 is 0 Å². The normalized spacial score (nSPS) is 14.3. The average molecular weight is 366 g/mol. The molecular formula is C20H22N4O3. The molecule has 1 aliphatic rings. The number of piperidine rings is 1. The second-order valence-electron chi connectivity index (χ2n) is 6.33. The molecule has 140 valence electrons. The fraction of sp³-hybridized carbons (Fsp3) is 0.350. The first kappa shape index (κ1) is 18.5. The van der Waals surface area contributed by atoms with Gasteiger partial charge in [-0.2, -0.15) is 5.26 Å². The molecule has 0 unspecified atom stereocenters. The fourth-order valence-electron chi connectivity index (χ4n) is 3.15. The van der Waals surface area contributed by atoms with Crippen LogP contribution in [0.4, 0.5) is 11.5 Å². The number of hydrogen-bond donors (Lipinski definition) is 1. The topological polar surface area (TPSA) is 87.5 Å². The number of pyridine rings is 1. The number of aromatic nitrogens is 1. The second-order valence-corrected chi connectivity index (χ2v) is 6.33. The highest BCUT2D eigenvalue weighted by Crippen LogP contribution is 2.30. The van der Waals surface area contributed by atoms with Crippen molar-refractivity contribution >= 4 is 17.4 Å². The molecule has 7 nitrogen and oxygen atoms in total. The molecule has 2 aromatic rings. The highest BCUT2D eigenvalue weighted by Gasteiger charge is 2.26. The summed E-state index contributed by atoms with van der Waals surface area (Å²) in [7, 11) is 3.15. The largest absolute Gasteiger partial charge is 0.497 e. The molecule has 3 rings (SSSR count). The number of amides is 1. The molecule has 0 saturated carbocycles. The SMILES string of the molecule is COc1ccc(NC(=O)C2CCN(c3ccc(C#N)cn3)CC2)c(OC)c1. The Labute approximate surface area is 158 Å². The molecule has 1 aromatic carbocycles. The van der Waals surface area contributed by atoms with E-state index in [1.54, 1.807) is 44.7 Å². The lowest BCUT2D eigenvalue weighted by Gasteiger charge is -2.32. The Balaban J connectivity index is 1.59. The molecule has 2 heterocycles. The molecule has 0 aliphatic carbocycles. The van der Waals surface area contributed by atoms with Crippen molar-refractivity contribution in [3.8, 4) is 17.6 Å². The third-order valence-electron chi connectivity index (χ3n) is 4.73. The Bertz CT molecular complexity index is 837. The summed E-state index contributed by atoms with van der Waals surface area (Å²) in [5.41, 5.74) is 1.18. The van der Waals surface area contributed by atoms with Crippen LogP contribution in [0.1, 0.15) is 18.4 Å². The summed E-state index contributed by atoms with van der Waals surface area (Å²) in [4.78, 5) is 19.1. The van der Waals surface area contributed by atoms with Crippen molar-refractivity contribution in [3.05, 3.63) is 42.1 Å². The van der Waals surface area contributed by atoms with E-state index in [0.717, 1.165) is 31.7 Å². The number of nitrogens with zero attached hydrogens (tertiary/aromatic N) is 3. The highest BCUT2D eigenvalue weighted by atomic mass is 16.5. The Hall–Kier alpha value is -3.27. The number of rotatable bonds is 5. The quantitative estimate of drug-likeness (QED) is 0.875. The molecule has 0 radical (unpaired) electrons. The van der Waals surface area contributed by atoms with Crippen molar-refractivity contribution in [1.82, 2.24) is 4.98 Å². The van der Waals surface area contributed by atoms with Crippen LogP contribution in [0.2, 0.25) is 0 Å². The highest BCUT2D eigenvalue weighted by molar-refractivity contribution is 5.94. The van der Waals surface area contributed by atoms with E-state index < -0.39 is 0 Å². The van der Waals surface area contributed by atoms with Gasteiger partial charge in [0.15, 0.2) is 0 Å². The van der Waals surface area contributed by atoms with Gasteiger partial charge in [0.2, 0.25) is 5.91 Å². The van der Waals surface area contributed by atoms with Gasteiger partial charge in [0.05, 0.1) is 25.5 Å². The van der Waals surface area contributed by atoms with Crippen LogP contribution in [0.3, 0.4) is 0 Å². The van der Waals surface area contributed by atoms with Gasteiger partial charge in [-0.05, 0) is 37.1 Å². The summed E-state index contributed by atoms with van der Waals surface area (Å²) in [5, 5.41) is 11.8. The number of nitriles is 1. The Kier molecular flexibility index (Phi) is 5.77. The summed E-state index contributed by atoms with van der Waals surface area (Å²) >= 11 is 0. The molecule has 1 saturated heterocycles. The zero-order valence-corrected chi connectivity index (χ0v) is 15.4. The minimum atomic E-state index is -0.0635. The van der Waals surface area contributed by atoms with Crippen molar-refractivity contribution in [1.29, 1.82) is 5.26 Å². The van der Waals surface area contributed by atoms with Gasteiger partial charge < -0.3 is 19.7 Å². The number of carbonyl (C=O) groups is 1. The summed E-state index contributed by atoms with van der Waals surface area (Å²) in [5.74, 6) is 2.01. The molecule has 1 fully saturated rings. The number of methoxy groups -OCH3 is 2. The minimum Gasteiger partial charge on any atom is -0.497 e. The van der Waals surface area contributed by atoms with Crippen molar-refractivity contribution in [2.24, 2.45) is 5.92 Å². The van der Waals surface area contributed by atoms with Crippen LogP contribution in [0.25, 0.3) is 0 Å². The second kappa shape index (κ2) is 8.41. The number of ether oxygens (including phenoxy) is 2. The minimum absolute atomic E-state index is 0.00842. The third-order valence-corrected chi connectivity index (χ3v) is 4.73. The molecule has 1 N–H and O–H groups in total. The smallest absolute Gasteiger partial charge is 0.227 e. The molecule has 1 aromatic heterocycles. The van der Waals surface area contributed by atoms with Gasteiger partial charge in [-0.1, -0.05) is 0 Å². The lowest BCUT2D eigenvalue weighted by atomic mass is 9.95. The molecule has 0 spiro atoms. The van der Waals surface area contributed by atoms with E-state index in [4.69, 9.17) is 14.7 Å². The van der Waals surface area contributed by atoms with E-state index in [9.17, 15) is 4.79 Å². The predicted molar refractivity (Wildman–Crippen MR) is 102 cm³/mol. The van der Waals surface area contributed by atoms with Gasteiger partial charge in [-0.15, -0.1) is 0 Å². The maximum Gasteiger partial charge on any atom is 0.227 e. The Morgan fingerprint density at radius 3 is 2.59 bits per heavy atom. The summed E-state index contributed by atoms with van der Waals surface area (Å²) < 4.78 is 10.5. The average Bonchev–Trinajstić information content (AvgIpc) is 2.74. The number of anilines is 2. The van der Waals surface area contributed by atoms with Crippen LogP contribution in [-0.2, 0) is 4.79 Å². The first-order valence-corrected chi connectivity index (χ1v) is 8.78. The van der Waals surface area contributed by atoms with Crippen LogP contribution >= 0.6 is 0 Å². The maximum atomic E-state index is 12.6. The van der Waals surface area contributed by atoms with Crippen LogP contribution in [0.5, 0.6) is 11.5 Å². The first-order chi connectivity index (χ1) is 13.1. The van der Waals surface area contributed by atoms with Crippen LogP contribution in [0.15, 0.2) is 36.5 Å². The van der Waals surface area contributed by atoms with Gasteiger partial charge in [0, 0.05) is 31.3 Å². The fourth-order valence-corrected chi connectivity index (χ4v) is 3.15. The molecule has 7 heteroatoms. The van der Waals surface area contributed by atoms with Crippen LogP contribution < -0.4 is 19.7 Å². The molecule has 27 heavy (non-hydrogen) atoms. The first-order valence-electron chi connectivity index (χ1n) is 8.78. The lowest BCUT2D eigenvalue weighted by Crippen LogP contribution is -2.38. The van der Waals surface area contributed by atoms with Crippen LogP contribution in [-0.4, -0.2) is 38.2 Å². The predicted octanol–water partition coefficient (Wildman–Crippen LogP) is 2.83. The van der Waals surface area contributed by atoms with E-state index in [1.165, 1.54) is 0 Å². The van der Waals surface area contributed by atoms with E-state index in [1.807, 2.05) is 6.07 Å². The number of hydrogen-bond acceptors (Lipinski definition) is 6. The van der Waals surface area contributed by atoms with Gasteiger partial charge in [-0.3, -0.25) is 4.79 Å². The van der Waals surface area contributed by atoms with E-state index in [2.05, 4.69) is 21.3 Å². The van der Waals surface area contributed by atoms with Crippen molar-refractivity contribution in [3.63, 3.8) is 0 Å². The van der Waals surface area contributed by atoms with E-state index in [0.29, 0.717) is 22.7 Å². The van der Waals surface area contributed by atoms with Crippen molar-refractivity contribution in [2.45, 2.75) is 12.8 Å². The Morgan fingerprint density at radius 2 is 2.00 bits per heavy atom. The summed E-state index contributed by atoms with van der Waals surface area (Å²) in [6.45, 7) is 1.49. The molecule has 1 aliphatic heterocycles. The number of nitrogens with one attached hydrogen (secondary N) is 1. The molecular weight excluding hydrogens is 344 g/mol. The zero-order chi connectivity index (χ0) is 19.2. The lowest BCUT2D eigenvalue weighted by molar-refractivity contribution is -0.120. The number of carbonyl (C=O) groups excluding carboxylic acids is 1. The molecule has 1 amide bonds. The zero-order valence-electron chi connectivity index (χ0n) is 15.4. The van der Waals surface area contributed by atoms with Gasteiger partial charge in [-0.25, -0.2) is 4.98 Å². The molecule has 0 bridgehead atoms. The molecule has 0 atom stereocenters. The van der Waals surface area contributed by atoms with E-state index >= 15 is 0 Å². The Morgan fingerprint density at radius 1 is 1.22 bits per heavy atom. The summed E-state index contributed by atoms with van der Waals surface area (Å²) in [6, 6.07) is 11.0. The van der Waals surface area contributed by atoms with Gasteiger partial charge in [0.1, 0.15) is 23.4 Å². The standard InChI is InChI=1S/C20H22N4O3/c1-26-16-4-5-17(18(11-16)27-2)23-20(25)15-7-9-24(10-8-15)19-6-3-14(12-21)13-22-19/h3-6,11,13,15H,7-10H2,1-2H3,(H,23,25). The summed E-state index contributed by atoms with van der Waals surface area (Å²) in [6.07, 6.45) is 3.06. The van der Waals surface area contributed by atoms with Crippen LogP contribution in [0, 0.1) is 17.2 Å². The number of benzene rings is 1. The van der Waals surface area contributed by atoms with E-state index in [-0.39, 0.29) is 11.8 Å². The van der Waals surface area contributed by atoms with Crippen molar-refractivity contribution in [2.75, 3.05) is 37.5 Å². The third kappa shape index (κ3) is 4.29. The monoisotopic (exact) mass is 366 g/mol. The van der Waals surface area contributed by atoms with Crippen molar-refractivity contribution < 1.29 is 14.3 Å². The van der Waals surface area contributed by atoms with Gasteiger partial charge in [0.25, 0.3) is 0 Å².